The molecule has 9 heteroatoms. The van der Waals surface area contributed by atoms with Gasteiger partial charge in [-0.15, -0.1) is 5.10 Å². The van der Waals surface area contributed by atoms with E-state index < -0.39 is 0 Å². The molecule has 1 aromatic carbocycles. The first-order valence-corrected chi connectivity index (χ1v) is 10.5. The zero-order valence-electron chi connectivity index (χ0n) is 12.6. The molecule has 128 valence electrons. The highest BCUT2D eigenvalue weighted by Gasteiger charge is 2.17. The summed E-state index contributed by atoms with van der Waals surface area (Å²) >= 11 is 20.1. The average molecular weight is 420 g/mol. The summed E-state index contributed by atoms with van der Waals surface area (Å²) in [7, 11) is 0. The van der Waals surface area contributed by atoms with Gasteiger partial charge in [0.15, 0.2) is 8.29 Å². The van der Waals surface area contributed by atoms with E-state index in [4.69, 9.17) is 35.4 Å². The summed E-state index contributed by atoms with van der Waals surface area (Å²) in [6.45, 7) is 0. The first-order chi connectivity index (χ1) is 11.5. The highest BCUT2D eigenvalue weighted by molar-refractivity contribution is 8.01. The monoisotopic (exact) mass is 419 g/mol. The lowest BCUT2D eigenvalue weighted by molar-refractivity contribution is -0.119. The third-order valence-electron chi connectivity index (χ3n) is 3.72. The van der Waals surface area contributed by atoms with Crippen LogP contribution in [-0.2, 0) is 4.79 Å². The number of carbonyl (C=O) groups is 1. The topological polar surface area (TPSA) is 46.9 Å². The largest absolute Gasteiger partial charge is 0.353 e. The van der Waals surface area contributed by atoms with Crippen LogP contribution in [0.2, 0.25) is 10.0 Å². The van der Waals surface area contributed by atoms with Crippen molar-refractivity contribution in [3.05, 3.63) is 32.2 Å². The number of amides is 1. The van der Waals surface area contributed by atoms with E-state index in [9.17, 15) is 4.79 Å². The Labute approximate surface area is 163 Å². The fourth-order valence-electron chi connectivity index (χ4n) is 2.57. The number of thioether (sulfide) groups is 1. The normalized spacial score (nSPS) is 14.9. The predicted octanol–water partition coefficient (Wildman–Crippen LogP) is 5.12. The van der Waals surface area contributed by atoms with Gasteiger partial charge in [0.1, 0.15) is 0 Å². The van der Waals surface area contributed by atoms with Gasteiger partial charge in [0.25, 0.3) is 0 Å². The van der Waals surface area contributed by atoms with Crippen LogP contribution in [0.3, 0.4) is 0 Å². The van der Waals surface area contributed by atoms with Gasteiger partial charge in [-0.05, 0) is 43.3 Å². The molecular weight excluding hydrogens is 405 g/mol. The third kappa shape index (κ3) is 4.52. The van der Waals surface area contributed by atoms with Crippen molar-refractivity contribution in [2.45, 2.75) is 36.1 Å². The van der Waals surface area contributed by atoms with Crippen molar-refractivity contribution in [2.75, 3.05) is 5.75 Å². The van der Waals surface area contributed by atoms with Crippen molar-refractivity contribution < 1.29 is 4.79 Å². The van der Waals surface area contributed by atoms with Crippen LogP contribution in [-0.4, -0.2) is 27.5 Å². The van der Waals surface area contributed by atoms with Gasteiger partial charge in [-0.1, -0.05) is 59.1 Å². The molecule has 1 fully saturated rings. The van der Waals surface area contributed by atoms with Crippen LogP contribution in [0, 0.1) is 3.95 Å². The lowest BCUT2D eigenvalue weighted by Crippen LogP contribution is -2.33. The third-order valence-corrected chi connectivity index (χ3v) is 6.83. The summed E-state index contributed by atoms with van der Waals surface area (Å²) < 4.78 is 3.00. The molecule has 4 nitrogen and oxygen atoms in total. The van der Waals surface area contributed by atoms with E-state index in [-0.39, 0.29) is 5.91 Å². The SMILES string of the molecule is O=C(CSc1nn(-c2ccc(Cl)c(Cl)c2)c(=S)s1)NC1CCCC1. The summed E-state index contributed by atoms with van der Waals surface area (Å²) in [5, 5.41) is 8.47. The molecule has 1 aliphatic rings. The number of nitrogens with one attached hydrogen (secondary N) is 1. The number of hydrogen-bond acceptors (Lipinski definition) is 5. The predicted molar refractivity (Wildman–Crippen MR) is 103 cm³/mol. The van der Waals surface area contributed by atoms with Crippen molar-refractivity contribution in [1.29, 1.82) is 0 Å². The number of benzene rings is 1. The molecule has 0 spiro atoms. The Bertz CT molecular complexity index is 800. The molecule has 0 aliphatic heterocycles. The van der Waals surface area contributed by atoms with Crippen molar-refractivity contribution in [1.82, 2.24) is 15.1 Å². The highest BCUT2D eigenvalue weighted by atomic mass is 35.5. The average Bonchev–Trinajstić information content (AvgIpc) is 3.18. The summed E-state index contributed by atoms with van der Waals surface area (Å²) in [6, 6.07) is 5.58. The standard InChI is InChI=1S/C15H15Cl2N3OS3/c16-11-6-5-10(7-12(11)17)20-15(22)24-14(19-20)23-8-13(21)18-9-3-1-2-4-9/h5-7,9H,1-4,8H2,(H,18,21). The maximum atomic E-state index is 12.0. The van der Waals surface area contributed by atoms with E-state index in [0.29, 0.717) is 25.8 Å². The minimum atomic E-state index is 0.0501. The minimum absolute atomic E-state index is 0.0501. The van der Waals surface area contributed by atoms with Gasteiger partial charge < -0.3 is 5.32 Å². The van der Waals surface area contributed by atoms with Crippen LogP contribution in [0.25, 0.3) is 5.69 Å². The lowest BCUT2D eigenvalue weighted by atomic mass is 10.2. The van der Waals surface area contributed by atoms with E-state index in [1.54, 1.807) is 16.8 Å². The number of hydrogen-bond donors (Lipinski definition) is 1. The van der Waals surface area contributed by atoms with Crippen molar-refractivity contribution in [2.24, 2.45) is 0 Å². The molecule has 1 aromatic heterocycles. The van der Waals surface area contributed by atoms with Gasteiger partial charge >= 0.3 is 0 Å². The Balaban J connectivity index is 1.64. The van der Waals surface area contributed by atoms with Crippen LogP contribution in [0.1, 0.15) is 25.7 Å². The fraction of sp³-hybridized carbons (Fsp3) is 0.400. The first kappa shape index (κ1) is 18.2. The summed E-state index contributed by atoms with van der Waals surface area (Å²) in [5.41, 5.74) is 0.757. The van der Waals surface area contributed by atoms with Crippen molar-refractivity contribution in [3.63, 3.8) is 0 Å². The Morgan fingerprint density at radius 1 is 1.38 bits per heavy atom. The molecule has 1 amide bonds. The minimum Gasteiger partial charge on any atom is -0.353 e. The molecular formula is C15H15Cl2N3OS3. The molecule has 0 atom stereocenters. The molecule has 0 bridgehead atoms. The molecule has 1 N–H and O–H groups in total. The van der Waals surface area contributed by atoms with Crippen molar-refractivity contribution in [3.8, 4) is 5.69 Å². The maximum absolute atomic E-state index is 12.0. The second kappa shape index (κ2) is 8.19. The van der Waals surface area contributed by atoms with Crippen LogP contribution >= 0.6 is 58.5 Å². The Morgan fingerprint density at radius 3 is 2.83 bits per heavy atom. The van der Waals surface area contributed by atoms with E-state index >= 15 is 0 Å². The molecule has 0 radical (unpaired) electrons. The zero-order valence-corrected chi connectivity index (χ0v) is 16.6. The molecule has 3 rings (SSSR count). The maximum Gasteiger partial charge on any atom is 0.230 e. The first-order valence-electron chi connectivity index (χ1n) is 7.50. The molecule has 1 saturated carbocycles. The van der Waals surface area contributed by atoms with Gasteiger partial charge in [-0.2, -0.15) is 0 Å². The quantitative estimate of drug-likeness (QED) is 0.539. The van der Waals surface area contributed by atoms with E-state index in [0.717, 1.165) is 22.9 Å². The number of nitrogens with zero attached hydrogens (tertiary/aromatic N) is 2. The molecule has 0 unspecified atom stereocenters. The van der Waals surface area contributed by atoms with Crippen LogP contribution in [0.5, 0.6) is 0 Å². The van der Waals surface area contributed by atoms with Crippen molar-refractivity contribution >= 4 is 64.4 Å². The van der Waals surface area contributed by atoms with Crippen LogP contribution in [0.4, 0.5) is 0 Å². The molecule has 1 aliphatic carbocycles. The van der Waals surface area contributed by atoms with Crippen LogP contribution in [0.15, 0.2) is 22.5 Å². The highest BCUT2D eigenvalue weighted by Crippen LogP contribution is 2.28. The second-order valence-electron chi connectivity index (χ2n) is 5.48. The Hall–Kier alpha value is -0.600. The number of carbonyl (C=O) groups excluding carboxylic acids is 1. The summed E-state index contributed by atoms with van der Waals surface area (Å²) in [6.07, 6.45) is 4.57. The van der Waals surface area contributed by atoms with E-state index in [1.807, 2.05) is 6.07 Å². The zero-order chi connectivity index (χ0) is 17.1. The molecule has 0 saturated heterocycles. The summed E-state index contributed by atoms with van der Waals surface area (Å²) in [4.78, 5) is 12.0. The van der Waals surface area contributed by atoms with E-state index in [2.05, 4.69) is 10.4 Å². The number of rotatable bonds is 5. The Kier molecular flexibility index (Phi) is 6.21. The van der Waals surface area contributed by atoms with Gasteiger partial charge in [-0.25, -0.2) is 4.68 Å². The second-order valence-corrected chi connectivity index (χ2v) is 9.14. The Morgan fingerprint density at radius 2 is 2.12 bits per heavy atom. The number of halogens is 2. The molecule has 24 heavy (non-hydrogen) atoms. The van der Waals surface area contributed by atoms with E-state index in [1.165, 1.54) is 35.9 Å². The fourth-order valence-corrected chi connectivity index (χ4v) is 5.03. The smallest absolute Gasteiger partial charge is 0.230 e. The van der Waals surface area contributed by atoms with Gasteiger partial charge in [0.05, 0.1) is 21.5 Å². The molecule has 2 aromatic rings. The molecule has 1 heterocycles. The number of aromatic nitrogens is 2. The summed E-state index contributed by atoms with van der Waals surface area (Å²) in [5.74, 6) is 0.397. The van der Waals surface area contributed by atoms with Gasteiger partial charge in [-0.3, -0.25) is 4.79 Å². The van der Waals surface area contributed by atoms with Crippen LogP contribution < -0.4 is 5.32 Å². The van der Waals surface area contributed by atoms with Gasteiger partial charge in [0.2, 0.25) is 5.91 Å². The lowest BCUT2D eigenvalue weighted by Gasteiger charge is -2.10. The van der Waals surface area contributed by atoms with Gasteiger partial charge in [0, 0.05) is 6.04 Å².